The molecular formula is C12H18ClNO3S. The van der Waals surface area contributed by atoms with Gasteiger partial charge in [-0.3, -0.25) is 0 Å². The van der Waals surface area contributed by atoms with Crippen LogP contribution in [0.1, 0.15) is 20.3 Å². The van der Waals surface area contributed by atoms with Crippen molar-refractivity contribution in [2.75, 3.05) is 6.61 Å². The van der Waals surface area contributed by atoms with Crippen LogP contribution in [-0.4, -0.2) is 26.2 Å². The minimum Gasteiger partial charge on any atom is -0.395 e. The Balaban J connectivity index is 2.87. The molecule has 0 amide bonds. The van der Waals surface area contributed by atoms with Crippen LogP contribution in [0, 0.1) is 5.92 Å². The van der Waals surface area contributed by atoms with E-state index in [4.69, 9.17) is 11.6 Å². The van der Waals surface area contributed by atoms with E-state index in [0.717, 1.165) is 0 Å². The van der Waals surface area contributed by atoms with Gasteiger partial charge in [-0.25, -0.2) is 13.1 Å². The van der Waals surface area contributed by atoms with Crippen molar-refractivity contribution in [1.82, 2.24) is 4.72 Å². The zero-order chi connectivity index (χ0) is 13.8. The van der Waals surface area contributed by atoms with Crippen molar-refractivity contribution in [2.45, 2.75) is 31.2 Å². The highest BCUT2D eigenvalue weighted by Gasteiger charge is 2.20. The number of hydrogen-bond acceptors (Lipinski definition) is 3. The van der Waals surface area contributed by atoms with Crippen molar-refractivity contribution in [3.8, 4) is 0 Å². The van der Waals surface area contributed by atoms with Gasteiger partial charge in [0.05, 0.1) is 11.5 Å². The number of sulfonamides is 1. The fourth-order valence-corrected chi connectivity index (χ4v) is 3.19. The minimum atomic E-state index is -3.63. The van der Waals surface area contributed by atoms with Crippen LogP contribution in [0.25, 0.3) is 0 Å². The molecule has 0 fully saturated rings. The summed E-state index contributed by atoms with van der Waals surface area (Å²) in [5.41, 5.74) is 0. The first-order valence-corrected chi connectivity index (χ1v) is 7.60. The summed E-state index contributed by atoms with van der Waals surface area (Å²) in [5, 5.41) is 9.55. The standard InChI is InChI=1S/C12H18ClNO3S/c1-9(2)6-11(8-15)14-18(16,17)12-5-3-4-10(13)7-12/h3-5,7,9,11,14-15H,6,8H2,1-2H3. The Kier molecular flexibility index (Phi) is 5.59. The molecule has 0 radical (unpaired) electrons. The van der Waals surface area contributed by atoms with Crippen LogP contribution in [0.5, 0.6) is 0 Å². The normalized spacial score (nSPS) is 13.8. The fraction of sp³-hybridized carbons (Fsp3) is 0.500. The van der Waals surface area contributed by atoms with Gasteiger partial charge in [0.15, 0.2) is 0 Å². The maximum Gasteiger partial charge on any atom is 0.240 e. The van der Waals surface area contributed by atoms with Crippen molar-refractivity contribution < 1.29 is 13.5 Å². The Morgan fingerprint density at radius 3 is 2.56 bits per heavy atom. The summed E-state index contributed by atoms with van der Waals surface area (Å²) in [4.78, 5) is 0.109. The summed E-state index contributed by atoms with van der Waals surface area (Å²) in [5.74, 6) is 0.296. The molecule has 18 heavy (non-hydrogen) atoms. The predicted octanol–water partition coefficient (Wildman–Crippen LogP) is 2.03. The average Bonchev–Trinajstić information content (AvgIpc) is 2.27. The second-order valence-corrected chi connectivity index (χ2v) is 6.74. The fourth-order valence-electron chi connectivity index (χ4n) is 1.65. The summed E-state index contributed by atoms with van der Waals surface area (Å²) in [6.45, 7) is 3.71. The maximum atomic E-state index is 12.1. The van der Waals surface area contributed by atoms with Crippen molar-refractivity contribution in [2.24, 2.45) is 5.92 Å². The highest BCUT2D eigenvalue weighted by atomic mass is 35.5. The largest absolute Gasteiger partial charge is 0.395 e. The van der Waals surface area contributed by atoms with Gasteiger partial charge in [0, 0.05) is 11.1 Å². The summed E-state index contributed by atoms with van der Waals surface area (Å²) in [7, 11) is -3.63. The van der Waals surface area contributed by atoms with Gasteiger partial charge in [0.1, 0.15) is 0 Å². The second kappa shape index (κ2) is 6.52. The van der Waals surface area contributed by atoms with E-state index in [1.54, 1.807) is 12.1 Å². The number of halogens is 1. The van der Waals surface area contributed by atoms with Gasteiger partial charge in [-0.05, 0) is 30.5 Å². The number of benzene rings is 1. The van der Waals surface area contributed by atoms with Crippen molar-refractivity contribution in [3.63, 3.8) is 0 Å². The number of aliphatic hydroxyl groups excluding tert-OH is 1. The van der Waals surface area contributed by atoms with Crippen molar-refractivity contribution in [1.29, 1.82) is 0 Å². The molecule has 4 nitrogen and oxygen atoms in total. The summed E-state index contributed by atoms with van der Waals surface area (Å²) >= 11 is 5.76. The van der Waals surface area contributed by atoms with Crippen LogP contribution in [0.15, 0.2) is 29.2 Å². The lowest BCUT2D eigenvalue weighted by Crippen LogP contribution is -2.38. The van der Waals surface area contributed by atoms with Gasteiger partial charge < -0.3 is 5.11 Å². The summed E-state index contributed by atoms with van der Waals surface area (Å²) in [6, 6.07) is 5.56. The van der Waals surface area contributed by atoms with E-state index in [9.17, 15) is 13.5 Å². The molecule has 0 bridgehead atoms. The highest BCUT2D eigenvalue weighted by Crippen LogP contribution is 2.16. The first-order chi connectivity index (χ1) is 8.35. The molecular weight excluding hydrogens is 274 g/mol. The summed E-state index contributed by atoms with van der Waals surface area (Å²) < 4.78 is 26.6. The Morgan fingerprint density at radius 2 is 2.06 bits per heavy atom. The van der Waals surface area contributed by atoms with Gasteiger partial charge in [0.2, 0.25) is 10.0 Å². The van der Waals surface area contributed by atoms with Crippen molar-refractivity contribution >= 4 is 21.6 Å². The molecule has 0 heterocycles. The molecule has 0 aliphatic carbocycles. The minimum absolute atomic E-state index is 0.109. The van der Waals surface area contributed by atoms with E-state index in [1.165, 1.54) is 12.1 Å². The van der Waals surface area contributed by atoms with E-state index >= 15 is 0 Å². The Hall–Kier alpha value is -0.620. The van der Waals surface area contributed by atoms with Crippen LogP contribution < -0.4 is 4.72 Å². The van der Waals surface area contributed by atoms with E-state index in [1.807, 2.05) is 13.8 Å². The molecule has 1 unspecified atom stereocenters. The van der Waals surface area contributed by atoms with Crippen LogP contribution in [0.3, 0.4) is 0 Å². The third-order valence-electron chi connectivity index (χ3n) is 2.40. The van der Waals surface area contributed by atoms with Gasteiger partial charge >= 0.3 is 0 Å². The lowest BCUT2D eigenvalue weighted by molar-refractivity contribution is 0.240. The Labute approximate surface area is 113 Å². The first kappa shape index (κ1) is 15.4. The monoisotopic (exact) mass is 291 g/mol. The van der Waals surface area contributed by atoms with E-state index < -0.39 is 16.1 Å². The second-order valence-electron chi connectivity index (χ2n) is 4.59. The van der Waals surface area contributed by atoms with Crippen LogP contribution in [0.2, 0.25) is 5.02 Å². The molecule has 102 valence electrons. The van der Waals surface area contributed by atoms with Crippen molar-refractivity contribution in [3.05, 3.63) is 29.3 Å². The molecule has 0 aliphatic rings. The molecule has 0 spiro atoms. The zero-order valence-corrected chi connectivity index (χ0v) is 12.0. The molecule has 0 saturated heterocycles. The molecule has 2 N–H and O–H groups in total. The van der Waals surface area contributed by atoms with E-state index in [-0.39, 0.29) is 11.5 Å². The van der Waals surface area contributed by atoms with Crippen LogP contribution in [0.4, 0.5) is 0 Å². The maximum absolute atomic E-state index is 12.1. The van der Waals surface area contributed by atoms with E-state index in [0.29, 0.717) is 17.4 Å². The molecule has 1 aromatic carbocycles. The third-order valence-corrected chi connectivity index (χ3v) is 4.16. The Bertz CT molecular complexity index is 488. The molecule has 1 rings (SSSR count). The topological polar surface area (TPSA) is 66.4 Å². The zero-order valence-electron chi connectivity index (χ0n) is 10.4. The molecule has 0 aromatic heterocycles. The predicted molar refractivity (Wildman–Crippen MR) is 72.1 cm³/mol. The Morgan fingerprint density at radius 1 is 1.39 bits per heavy atom. The first-order valence-electron chi connectivity index (χ1n) is 5.74. The van der Waals surface area contributed by atoms with E-state index in [2.05, 4.69) is 4.72 Å². The van der Waals surface area contributed by atoms with Gasteiger partial charge in [-0.1, -0.05) is 31.5 Å². The molecule has 6 heteroatoms. The quantitative estimate of drug-likeness (QED) is 0.843. The van der Waals surface area contributed by atoms with Gasteiger partial charge in [-0.15, -0.1) is 0 Å². The highest BCUT2D eigenvalue weighted by molar-refractivity contribution is 7.89. The van der Waals surface area contributed by atoms with Crippen LogP contribution in [-0.2, 0) is 10.0 Å². The molecule has 1 atom stereocenters. The number of nitrogens with one attached hydrogen (secondary N) is 1. The smallest absolute Gasteiger partial charge is 0.240 e. The molecule has 0 saturated carbocycles. The SMILES string of the molecule is CC(C)CC(CO)NS(=O)(=O)c1cccc(Cl)c1. The number of hydrogen-bond donors (Lipinski definition) is 2. The third kappa shape index (κ3) is 4.57. The van der Waals surface area contributed by atoms with Crippen LogP contribution >= 0.6 is 11.6 Å². The summed E-state index contributed by atoms with van der Waals surface area (Å²) in [6.07, 6.45) is 0.580. The average molecular weight is 292 g/mol. The number of rotatable bonds is 6. The van der Waals surface area contributed by atoms with Gasteiger partial charge in [-0.2, -0.15) is 0 Å². The molecule has 0 aliphatic heterocycles. The molecule has 1 aromatic rings. The lowest BCUT2D eigenvalue weighted by atomic mass is 10.1. The lowest BCUT2D eigenvalue weighted by Gasteiger charge is -2.18. The number of aliphatic hydroxyl groups is 1. The van der Waals surface area contributed by atoms with Gasteiger partial charge in [0.25, 0.3) is 0 Å².